The van der Waals surface area contributed by atoms with Crippen molar-refractivity contribution in [1.82, 2.24) is 9.80 Å². The second-order valence-corrected chi connectivity index (χ2v) is 5.78. The lowest BCUT2D eigenvalue weighted by molar-refractivity contribution is -0.138. The molecule has 1 aromatic carbocycles. The number of aromatic hydroxyl groups is 1. The Balaban J connectivity index is 1.86. The SMILES string of the molecule is CC(Cc1ccc(O)cc1)N1CCCN(CC(=O)O)CC1. The number of carboxylic acids is 1. The average Bonchev–Trinajstić information content (AvgIpc) is 2.66. The number of nitrogens with zero attached hydrogens (tertiary/aromatic N) is 2. The molecule has 1 aliphatic rings. The maximum atomic E-state index is 10.8. The van der Waals surface area contributed by atoms with Gasteiger partial charge < -0.3 is 10.2 Å². The molecule has 1 unspecified atom stereocenters. The Kier molecular flexibility index (Phi) is 5.59. The van der Waals surface area contributed by atoms with E-state index in [-0.39, 0.29) is 6.54 Å². The van der Waals surface area contributed by atoms with Gasteiger partial charge in [0.25, 0.3) is 0 Å². The van der Waals surface area contributed by atoms with Gasteiger partial charge in [0.1, 0.15) is 5.75 Å². The zero-order valence-electron chi connectivity index (χ0n) is 12.5. The molecule has 5 nitrogen and oxygen atoms in total. The van der Waals surface area contributed by atoms with Crippen molar-refractivity contribution < 1.29 is 15.0 Å². The lowest BCUT2D eigenvalue weighted by Crippen LogP contribution is -2.38. The normalized spacial score (nSPS) is 19.1. The summed E-state index contributed by atoms with van der Waals surface area (Å²) in [5, 5.41) is 18.2. The van der Waals surface area contributed by atoms with Gasteiger partial charge in [0, 0.05) is 25.7 Å². The molecule has 1 aliphatic heterocycles. The van der Waals surface area contributed by atoms with Gasteiger partial charge in [-0.2, -0.15) is 0 Å². The summed E-state index contributed by atoms with van der Waals surface area (Å²) >= 11 is 0. The number of hydrogen-bond acceptors (Lipinski definition) is 4. The van der Waals surface area contributed by atoms with Crippen LogP contribution in [0.2, 0.25) is 0 Å². The molecule has 2 N–H and O–H groups in total. The molecule has 5 heteroatoms. The van der Waals surface area contributed by atoms with Gasteiger partial charge in [0.15, 0.2) is 0 Å². The van der Waals surface area contributed by atoms with E-state index in [1.165, 1.54) is 5.56 Å². The smallest absolute Gasteiger partial charge is 0.317 e. The van der Waals surface area contributed by atoms with Crippen molar-refractivity contribution in [1.29, 1.82) is 0 Å². The highest BCUT2D eigenvalue weighted by molar-refractivity contribution is 5.69. The molecule has 0 aromatic heterocycles. The monoisotopic (exact) mass is 292 g/mol. The van der Waals surface area contributed by atoms with E-state index in [0.717, 1.165) is 39.0 Å². The van der Waals surface area contributed by atoms with Crippen LogP contribution in [0.15, 0.2) is 24.3 Å². The van der Waals surface area contributed by atoms with E-state index in [1.807, 2.05) is 17.0 Å². The maximum absolute atomic E-state index is 10.8. The Bertz CT molecular complexity index is 461. The molecule has 0 bridgehead atoms. The lowest BCUT2D eigenvalue weighted by atomic mass is 10.1. The molecule has 116 valence electrons. The summed E-state index contributed by atoms with van der Waals surface area (Å²) in [5.41, 5.74) is 1.21. The van der Waals surface area contributed by atoms with Crippen molar-refractivity contribution in [3.05, 3.63) is 29.8 Å². The van der Waals surface area contributed by atoms with E-state index in [9.17, 15) is 9.90 Å². The average molecular weight is 292 g/mol. The van der Waals surface area contributed by atoms with Crippen molar-refractivity contribution >= 4 is 5.97 Å². The predicted octanol–water partition coefficient (Wildman–Crippen LogP) is 1.42. The molecule has 0 saturated carbocycles. The van der Waals surface area contributed by atoms with Gasteiger partial charge in [-0.15, -0.1) is 0 Å². The number of phenols is 1. The van der Waals surface area contributed by atoms with Gasteiger partial charge in [-0.3, -0.25) is 14.6 Å². The van der Waals surface area contributed by atoms with Crippen LogP contribution < -0.4 is 0 Å². The molecule has 1 saturated heterocycles. The minimum absolute atomic E-state index is 0.139. The van der Waals surface area contributed by atoms with E-state index in [4.69, 9.17) is 5.11 Å². The van der Waals surface area contributed by atoms with Gasteiger partial charge in [0.2, 0.25) is 0 Å². The van der Waals surface area contributed by atoms with Crippen molar-refractivity contribution in [2.24, 2.45) is 0 Å². The quantitative estimate of drug-likeness (QED) is 0.859. The number of carbonyl (C=O) groups is 1. The van der Waals surface area contributed by atoms with Gasteiger partial charge in [-0.25, -0.2) is 0 Å². The van der Waals surface area contributed by atoms with Crippen LogP contribution in [-0.4, -0.2) is 64.7 Å². The molecule has 1 aromatic rings. The minimum atomic E-state index is -0.749. The summed E-state index contributed by atoms with van der Waals surface area (Å²) < 4.78 is 0. The fourth-order valence-corrected chi connectivity index (χ4v) is 2.88. The van der Waals surface area contributed by atoms with Crippen LogP contribution in [0.5, 0.6) is 5.75 Å². The van der Waals surface area contributed by atoms with Gasteiger partial charge >= 0.3 is 5.97 Å². The molecule has 0 spiro atoms. The fourth-order valence-electron chi connectivity index (χ4n) is 2.88. The first kappa shape index (κ1) is 15.8. The summed E-state index contributed by atoms with van der Waals surface area (Å²) in [6, 6.07) is 7.78. The lowest BCUT2D eigenvalue weighted by Gasteiger charge is -2.27. The predicted molar refractivity (Wildman–Crippen MR) is 81.5 cm³/mol. The zero-order chi connectivity index (χ0) is 15.2. The zero-order valence-corrected chi connectivity index (χ0v) is 12.5. The van der Waals surface area contributed by atoms with E-state index >= 15 is 0 Å². The highest BCUT2D eigenvalue weighted by atomic mass is 16.4. The molecule has 0 radical (unpaired) electrons. The highest BCUT2D eigenvalue weighted by Crippen LogP contribution is 2.15. The summed E-state index contributed by atoms with van der Waals surface area (Å²) in [6.45, 7) is 5.93. The Morgan fingerprint density at radius 1 is 1.19 bits per heavy atom. The topological polar surface area (TPSA) is 64.0 Å². The molecular weight excluding hydrogens is 268 g/mol. The maximum Gasteiger partial charge on any atom is 0.317 e. The van der Waals surface area contributed by atoms with Crippen LogP contribution in [0.3, 0.4) is 0 Å². The third kappa shape index (κ3) is 5.02. The van der Waals surface area contributed by atoms with E-state index in [1.54, 1.807) is 12.1 Å². The summed E-state index contributed by atoms with van der Waals surface area (Å²) in [4.78, 5) is 15.2. The number of aliphatic carboxylic acids is 1. The molecule has 0 aliphatic carbocycles. The Labute approximate surface area is 125 Å². The van der Waals surface area contributed by atoms with Gasteiger partial charge in [-0.1, -0.05) is 12.1 Å². The second-order valence-electron chi connectivity index (χ2n) is 5.78. The van der Waals surface area contributed by atoms with E-state index < -0.39 is 5.97 Å². The number of rotatable bonds is 5. The summed E-state index contributed by atoms with van der Waals surface area (Å²) in [5.74, 6) is -0.453. The first-order valence-corrected chi connectivity index (χ1v) is 7.50. The van der Waals surface area contributed by atoms with Gasteiger partial charge in [0.05, 0.1) is 6.54 Å². The number of phenolic OH excluding ortho intramolecular Hbond substituents is 1. The Hall–Kier alpha value is -1.59. The number of benzene rings is 1. The number of carboxylic acid groups (broad SMARTS) is 1. The third-order valence-corrected chi connectivity index (χ3v) is 4.07. The molecule has 0 amide bonds. The highest BCUT2D eigenvalue weighted by Gasteiger charge is 2.20. The first-order valence-electron chi connectivity index (χ1n) is 7.50. The van der Waals surface area contributed by atoms with E-state index in [0.29, 0.717) is 11.8 Å². The molecule has 1 atom stereocenters. The van der Waals surface area contributed by atoms with Crippen LogP contribution >= 0.6 is 0 Å². The fraction of sp³-hybridized carbons (Fsp3) is 0.562. The summed E-state index contributed by atoms with van der Waals surface area (Å²) in [6.07, 6.45) is 1.95. The summed E-state index contributed by atoms with van der Waals surface area (Å²) in [7, 11) is 0. The molecular formula is C16H24N2O3. The van der Waals surface area contributed by atoms with Crippen molar-refractivity contribution in [2.75, 3.05) is 32.7 Å². The third-order valence-electron chi connectivity index (χ3n) is 4.07. The molecule has 21 heavy (non-hydrogen) atoms. The first-order chi connectivity index (χ1) is 10.0. The largest absolute Gasteiger partial charge is 0.508 e. The standard InChI is InChI=1S/C16H24N2O3/c1-13(11-14-3-5-15(19)6-4-14)18-8-2-7-17(9-10-18)12-16(20)21/h3-6,13,19H,2,7-12H2,1H3,(H,20,21). The Morgan fingerprint density at radius 2 is 1.90 bits per heavy atom. The van der Waals surface area contributed by atoms with Crippen molar-refractivity contribution in [3.63, 3.8) is 0 Å². The molecule has 1 fully saturated rings. The van der Waals surface area contributed by atoms with Crippen molar-refractivity contribution in [3.8, 4) is 5.75 Å². The van der Waals surface area contributed by atoms with Crippen LogP contribution in [0.1, 0.15) is 18.9 Å². The second kappa shape index (κ2) is 7.43. The molecule has 2 rings (SSSR count). The Morgan fingerprint density at radius 3 is 2.57 bits per heavy atom. The molecule has 1 heterocycles. The van der Waals surface area contributed by atoms with Crippen LogP contribution in [0.25, 0.3) is 0 Å². The van der Waals surface area contributed by atoms with Gasteiger partial charge in [-0.05, 0) is 44.0 Å². The van der Waals surface area contributed by atoms with Crippen LogP contribution in [-0.2, 0) is 11.2 Å². The van der Waals surface area contributed by atoms with Crippen LogP contribution in [0.4, 0.5) is 0 Å². The van der Waals surface area contributed by atoms with Crippen molar-refractivity contribution in [2.45, 2.75) is 25.8 Å². The number of hydrogen-bond donors (Lipinski definition) is 2. The minimum Gasteiger partial charge on any atom is -0.508 e. The van der Waals surface area contributed by atoms with E-state index in [2.05, 4.69) is 11.8 Å². The van der Waals surface area contributed by atoms with Crippen LogP contribution in [0, 0.1) is 0 Å².